The molecule has 4 nitrogen and oxygen atoms in total. The summed E-state index contributed by atoms with van der Waals surface area (Å²) in [5, 5.41) is 3.18. The largest absolute Gasteiger partial charge is 0.380 e. The van der Waals surface area contributed by atoms with Crippen molar-refractivity contribution in [2.24, 2.45) is 0 Å². The van der Waals surface area contributed by atoms with Crippen LogP contribution in [0.1, 0.15) is 28.9 Å². The molecule has 0 bridgehead atoms. The Bertz CT molecular complexity index is 714. The predicted molar refractivity (Wildman–Crippen MR) is 84.4 cm³/mol. The van der Waals surface area contributed by atoms with Gasteiger partial charge in [0.15, 0.2) is 11.6 Å². The first-order valence-electron chi connectivity index (χ1n) is 7.69. The van der Waals surface area contributed by atoms with Crippen molar-refractivity contribution < 1.29 is 13.6 Å². The molecule has 1 aliphatic heterocycles. The number of nitrogens with one attached hydrogen (secondary N) is 2. The van der Waals surface area contributed by atoms with Crippen molar-refractivity contribution in [2.45, 2.75) is 25.8 Å². The number of aryl methyl sites for hydroxylation is 1. The summed E-state index contributed by atoms with van der Waals surface area (Å²) in [4.78, 5) is 17.2. The minimum atomic E-state index is -0.874. The molecular weight excluding hydrogens is 300 g/mol. The van der Waals surface area contributed by atoms with E-state index in [0.717, 1.165) is 30.5 Å². The summed E-state index contributed by atoms with van der Waals surface area (Å²) in [6.07, 6.45) is 3.55. The lowest BCUT2D eigenvalue weighted by Crippen LogP contribution is -2.45. The van der Waals surface area contributed by atoms with E-state index in [1.165, 1.54) is 6.07 Å². The van der Waals surface area contributed by atoms with Crippen LogP contribution in [-0.2, 0) is 0 Å². The van der Waals surface area contributed by atoms with Gasteiger partial charge in [0.25, 0.3) is 5.91 Å². The van der Waals surface area contributed by atoms with Gasteiger partial charge in [-0.25, -0.2) is 8.78 Å². The van der Waals surface area contributed by atoms with Crippen LogP contribution < -0.4 is 5.32 Å². The van der Waals surface area contributed by atoms with Crippen molar-refractivity contribution in [3.63, 3.8) is 0 Å². The molecule has 6 heteroatoms. The van der Waals surface area contributed by atoms with Crippen LogP contribution in [0.25, 0.3) is 0 Å². The second-order valence-electron chi connectivity index (χ2n) is 5.95. The number of hydrogen-bond donors (Lipinski definition) is 2. The highest BCUT2D eigenvalue weighted by atomic mass is 19.2. The van der Waals surface area contributed by atoms with Gasteiger partial charge >= 0.3 is 0 Å². The highest BCUT2D eigenvalue weighted by Gasteiger charge is 2.25. The van der Waals surface area contributed by atoms with Gasteiger partial charge < -0.3 is 15.2 Å². The first-order chi connectivity index (χ1) is 11.0. The second kappa shape index (κ2) is 6.40. The molecule has 0 unspecified atom stereocenters. The molecule has 2 heterocycles. The number of carbonyl (C=O) groups excluding carboxylic acids is 1. The molecule has 1 aromatic heterocycles. The number of halogens is 2. The van der Waals surface area contributed by atoms with Gasteiger partial charge in [-0.2, -0.15) is 0 Å². The lowest BCUT2D eigenvalue weighted by molar-refractivity contribution is 0.0709. The zero-order valence-electron chi connectivity index (χ0n) is 12.9. The quantitative estimate of drug-likeness (QED) is 0.912. The maximum atomic E-state index is 13.3. The maximum Gasteiger partial charge on any atom is 0.270 e. The van der Waals surface area contributed by atoms with Crippen LogP contribution in [-0.4, -0.2) is 34.9 Å². The Kier molecular flexibility index (Phi) is 4.32. The summed E-state index contributed by atoms with van der Waals surface area (Å²) in [7, 11) is 0. The normalized spacial score (nSPS) is 18.0. The fourth-order valence-electron chi connectivity index (χ4n) is 2.90. The highest BCUT2D eigenvalue weighted by Crippen LogP contribution is 2.19. The van der Waals surface area contributed by atoms with E-state index in [1.54, 1.807) is 11.1 Å². The van der Waals surface area contributed by atoms with E-state index in [1.807, 2.05) is 13.0 Å². The molecule has 0 radical (unpaired) electrons. The Hall–Kier alpha value is -2.37. The van der Waals surface area contributed by atoms with Gasteiger partial charge in [-0.05, 0) is 43.5 Å². The number of anilines is 1. The molecule has 2 aromatic rings. The smallest absolute Gasteiger partial charge is 0.270 e. The van der Waals surface area contributed by atoms with Crippen molar-refractivity contribution >= 4 is 11.6 Å². The maximum absolute atomic E-state index is 13.3. The van der Waals surface area contributed by atoms with Gasteiger partial charge in [-0.15, -0.1) is 0 Å². The number of amides is 1. The van der Waals surface area contributed by atoms with Crippen LogP contribution in [0.15, 0.2) is 30.5 Å². The number of aromatic amines is 1. The van der Waals surface area contributed by atoms with Crippen molar-refractivity contribution in [3.8, 4) is 0 Å². The number of aromatic nitrogens is 1. The summed E-state index contributed by atoms with van der Waals surface area (Å²) >= 11 is 0. The fraction of sp³-hybridized carbons (Fsp3) is 0.353. The zero-order valence-corrected chi connectivity index (χ0v) is 12.9. The molecule has 1 fully saturated rings. The Morgan fingerprint density at radius 1 is 1.30 bits per heavy atom. The third kappa shape index (κ3) is 3.52. The number of carbonyl (C=O) groups is 1. The monoisotopic (exact) mass is 319 g/mol. The van der Waals surface area contributed by atoms with Crippen LogP contribution in [0.2, 0.25) is 0 Å². The molecule has 1 atom stereocenters. The summed E-state index contributed by atoms with van der Waals surface area (Å²) < 4.78 is 26.3. The van der Waals surface area contributed by atoms with Crippen LogP contribution in [0, 0.1) is 18.6 Å². The Morgan fingerprint density at radius 3 is 2.83 bits per heavy atom. The molecule has 1 amide bonds. The van der Waals surface area contributed by atoms with E-state index in [-0.39, 0.29) is 11.9 Å². The molecule has 2 N–H and O–H groups in total. The lowest BCUT2D eigenvalue weighted by Gasteiger charge is -2.33. The number of hydrogen-bond acceptors (Lipinski definition) is 2. The number of benzene rings is 1. The number of likely N-dealkylation sites (tertiary alicyclic amines) is 1. The third-order valence-electron chi connectivity index (χ3n) is 4.06. The first-order valence-corrected chi connectivity index (χ1v) is 7.69. The average Bonchev–Trinajstić information content (AvgIpc) is 2.97. The Balaban J connectivity index is 1.66. The zero-order chi connectivity index (χ0) is 16.4. The molecule has 0 spiro atoms. The van der Waals surface area contributed by atoms with Gasteiger partial charge in [0.1, 0.15) is 5.69 Å². The molecule has 1 aliphatic rings. The van der Waals surface area contributed by atoms with Crippen LogP contribution >= 0.6 is 0 Å². The van der Waals surface area contributed by atoms with Crippen molar-refractivity contribution in [1.82, 2.24) is 9.88 Å². The number of H-pyrrole nitrogens is 1. The molecule has 3 rings (SSSR count). The van der Waals surface area contributed by atoms with E-state index < -0.39 is 11.6 Å². The summed E-state index contributed by atoms with van der Waals surface area (Å²) in [5.74, 6) is -1.77. The topological polar surface area (TPSA) is 48.1 Å². The summed E-state index contributed by atoms with van der Waals surface area (Å²) in [5.41, 5.74) is 2.12. The molecule has 0 aliphatic carbocycles. The fourth-order valence-corrected chi connectivity index (χ4v) is 2.90. The minimum absolute atomic E-state index is 0.0219. The van der Waals surface area contributed by atoms with E-state index >= 15 is 0 Å². The second-order valence-corrected chi connectivity index (χ2v) is 5.95. The average molecular weight is 319 g/mol. The van der Waals surface area contributed by atoms with Gasteiger partial charge in [0, 0.05) is 37.1 Å². The van der Waals surface area contributed by atoms with Gasteiger partial charge in [0.05, 0.1) is 0 Å². The van der Waals surface area contributed by atoms with E-state index in [2.05, 4.69) is 10.3 Å². The summed E-state index contributed by atoms with van der Waals surface area (Å²) in [6.45, 7) is 3.17. The standard InChI is InChI=1S/C17H19F2N3O/c1-11-7-16(20-9-11)17(23)22-6-2-3-13(10-22)21-12-4-5-14(18)15(19)8-12/h4-5,7-9,13,20-21H,2-3,6,10H2,1H3/t13-/m1/s1. The Labute approximate surface area is 133 Å². The predicted octanol–water partition coefficient (Wildman–Crippen LogP) is 3.32. The molecule has 1 saturated heterocycles. The third-order valence-corrected chi connectivity index (χ3v) is 4.06. The molecule has 23 heavy (non-hydrogen) atoms. The van der Waals surface area contributed by atoms with E-state index in [9.17, 15) is 13.6 Å². The van der Waals surface area contributed by atoms with E-state index in [0.29, 0.717) is 24.5 Å². The Morgan fingerprint density at radius 2 is 2.13 bits per heavy atom. The van der Waals surface area contributed by atoms with Gasteiger partial charge in [-0.1, -0.05) is 0 Å². The lowest BCUT2D eigenvalue weighted by atomic mass is 10.0. The van der Waals surface area contributed by atoms with Crippen molar-refractivity contribution in [2.75, 3.05) is 18.4 Å². The number of rotatable bonds is 3. The number of piperidine rings is 1. The molecule has 122 valence electrons. The molecular formula is C17H19F2N3O. The highest BCUT2D eigenvalue weighted by molar-refractivity contribution is 5.92. The van der Waals surface area contributed by atoms with Crippen LogP contribution in [0.4, 0.5) is 14.5 Å². The first kappa shape index (κ1) is 15.5. The molecule has 1 aromatic carbocycles. The SMILES string of the molecule is Cc1c[nH]c(C(=O)N2CCC[C@@H](Nc3ccc(F)c(F)c3)C2)c1. The van der Waals surface area contributed by atoms with Gasteiger partial charge in [-0.3, -0.25) is 4.79 Å². The van der Waals surface area contributed by atoms with Crippen molar-refractivity contribution in [1.29, 1.82) is 0 Å². The van der Waals surface area contributed by atoms with Crippen molar-refractivity contribution in [3.05, 3.63) is 53.4 Å². The van der Waals surface area contributed by atoms with E-state index in [4.69, 9.17) is 0 Å². The summed E-state index contributed by atoms with van der Waals surface area (Å²) in [6, 6.07) is 5.60. The van der Waals surface area contributed by atoms with Crippen LogP contribution in [0.5, 0.6) is 0 Å². The minimum Gasteiger partial charge on any atom is -0.380 e. The number of nitrogens with zero attached hydrogens (tertiary/aromatic N) is 1. The van der Waals surface area contributed by atoms with Crippen LogP contribution in [0.3, 0.4) is 0 Å². The van der Waals surface area contributed by atoms with Gasteiger partial charge in [0.2, 0.25) is 0 Å². The molecule has 0 saturated carbocycles.